The first kappa shape index (κ1) is 21.5. The van der Waals surface area contributed by atoms with Crippen molar-refractivity contribution in [2.75, 3.05) is 19.5 Å². The van der Waals surface area contributed by atoms with Crippen molar-refractivity contribution in [2.45, 2.75) is 17.5 Å². The summed E-state index contributed by atoms with van der Waals surface area (Å²) in [7, 11) is -1.10. The normalized spacial score (nSPS) is 14.8. The number of ether oxygens (including phenoxy) is 2. The Hall–Kier alpha value is -3.23. The Balaban J connectivity index is 1.85. The third kappa shape index (κ3) is 5.22. The van der Waals surface area contributed by atoms with Gasteiger partial charge in [-0.3, -0.25) is 4.72 Å². The van der Waals surface area contributed by atoms with Crippen molar-refractivity contribution in [3.63, 3.8) is 0 Å². The highest BCUT2D eigenvalue weighted by Crippen LogP contribution is 2.29. The Labute approximate surface area is 176 Å². The fourth-order valence-electron chi connectivity index (χ4n) is 2.91. The molecule has 2 aromatic carbocycles. The van der Waals surface area contributed by atoms with Gasteiger partial charge in [-0.1, -0.05) is 36.4 Å². The third-order valence-electron chi connectivity index (χ3n) is 4.41. The fourth-order valence-corrected chi connectivity index (χ4v) is 4.16. The molecule has 1 unspecified atom stereocenters. The molecule has 2 aromatic rings. The number of allylic oxidation sites excluding steroid dienone is 3. The van der Waals surface area contributed by atoms with Gasteiger partial charge in [0.25, 0.3) is 10.0 Å². The van der Waals surface area contributed by atoms with Gasteiger partial charge in [-0.15, -0.1) is 0 Å². The average molecular weight is 429 g/mol. The maximum Gasteiger partial charge on any atom is 0.265 e. The molecule has 1 aliphatic rings. The van der Waals surface area contributed by atoms with Crippen LogP contribution in [0.5, 0.6) is 11.5 Å². The van der Waals surface area contributed by atoms with Crippen molar-refractivity contribution in [3.8, 4) is 11.5 Å². The summed E-state index contributed by atoms with van der Waals surface area (Å²) in [5.74, 6) is 0.594. The first-order valence-electron chi connectivity index (χ1n) is 9.26. The second-order valence-corrected chi connectivity index (χ2v) is 8.13. The molecule has 0 radical (unpaired) electrons. The lowest BCUT2D eigenvalue weighted by Gasteiger charge is -2.17. The van der Waals surface area contributed by atoms with Gasteiger partial charge in [0.2, 0.25) is 0 Å². The molecule has 1 atom stereocenters. The molecule has 0 aromatic heterocycles. The second-order valence-electron chi connectivity index (χ2n) is 6.48. The Morgan fingerprint density at radius 3 is 2.53 bits per heavy atom. The molecule has 0 saturated carbocycles. The van der Waals surface area contributed by atoms with Crippen molar-refractivity contribution >= 4 is 15.7 Å². The minimum Gasteiger partial charge on any atom is -0.497 e. The molecule has 3 N–H and O–H groups in total. The van der Waals surface area contributed by atoms with E-state index < -0.39 is 16.3 Å². The summed E-state index contributed by atoms with van der Waals surface area (Å²) in [5.41, 5.74) is 1.60. The lowest BCUT2D eigenvalue weighted by atomic mass is 10.2. The van der Waals surface area contributed by atoms with E-state index in [1.807, 2.05) is 36.4 Å². The average Bonchev–Trinajstić information content (AvgIpc) is 2.99. The molecule has 1 aliphatic carbocycles. The summed E-state index contributed by atoms with van der Waals surface area (Å²) in [5, 5.41) is 13.5. The number of rotatable bonds is 8. The number of aliphatic hydroxyl groups is 1. The van der Waals surface area contributed by atoms with Crippen LogP contribution in [-0.4, -0.2) is 34.0 Å². The largest absolute Gasteiger partial charge is 0.497 e. The topological polar surface area (TPSA) is 96.9 Å². The number of hydrogen-bond donors (Lipinski definition) is 3. The molecule has 30 heavy (non-hydrogen) atoms. The molecule has 0 fully saturated rings. The second kappa shape index (κ2) is 9.51. The Bertz CT molecular complexity index is 1080. The third-order valence-corrected chi connectivity index (χ3v) is 5.81. The monoisotopic (exact) mass is 428 g/mol. The van der Waals surface area contributed by atoms with Crippen molar-refractivity contribution < 1.29 is 23.0 Å². The van der Waals surface area contributed by atoms with Gasteiger partial charge in [0.15, 0.2) is 6.23 Å². The van der Waals surface area contributed by atoms with Gasteiger partial charge < -0.3 is 19.9 Å². The molecular formula is C22H24N2O5S. The van der Waals surface area contributed by atoms with Crippen LogP contribution in [0.2, 0.25) is 0 Å². The molecule has 0 heterocycles. The Kier molecular flexibility index (Phi) is 6.81. The first-order chi connectivity index (χ1) is 14.4. The number of para-hydroxylation sites is 1. The zero-order chi connectivity index (χ0) is 21.6. The number of methoxy groups -OCH3 is 2. The number of nitrogens with one attached hydrogen (secondary N) is 2. The van der Waals surface area contributed by atoms with E-state index in [0.29, 0.717) is 23.4 Å². The maximum absolute atomic E-state index is 13.0. The van der Waals surface area contributed by atoms with Gasteiger partial charge in [-0.25, -0.2) is 8.42 Å². The minimum absolute atomic E-state index is 0.0413. The van der Waals surface area contributed by atoms with Crippen LogP contribution in [0.3, 0.4) is 0 Å². The van der Waals surface area contributed by atoms with Crippen LogP contribution in [0.4, 0.5) is 5.69 Å². The van der Waals surface area contributed by atoms with Crippen LogP contribution in [-0.2, 0) is 10.0 Å². The van der Waals surface area contributed by atoms with Gasteiger partial charge in [-0.05, 0) is 36.8 Å². The highest BCUT2D eigenvalue weighted by Gasteiger charge is 2.22. The van der Waals surface area contributed by atoms with E-state index in [1.165, 1.54) is 26.4 Å². The fraction of sp³-hybridized carbons (Fsp3) is 0.182. The van der Waals surface area contributed by atoms with Gasteiger partial charge in [0.05, 0.1) is 14.2 Å². The minimum atomic E-state index is -3.96. The van der Waals surface area contributed by atoms with Gasteiger partial charge in [-0.2, -0.15) is 0 Å². The summed E-state index contributed by atoms with van der Waals surface area (Å²) in [6.07, 6.45) is 6.41. The Morgan fingerprint density at radius 2 is 1.83 bits per heavy atom. The van der Waals surface area contributed by atoms with Crippen LogP contribution in [0.25, 0.3) is 0 Å². The maximum atomic E-state index is 13.0. The van der Waals surface area contributed by atoms with Crippen LogP contribution >= 0.6 is 0 Å². The number of sulfonamides is 1. The summed E-state index contributed by atoms with van der Waals surface area (Å²) >= 11 is 0. The van der Waals surface area contributed by atoms with Crippen molar-refractivity contribution in [3.05, 3.63) is 84.1 Å². The molecule has 0 bridgehead atoms. The lowest BCUT2D eigenvalue weighted by Crippen LogP contribution is -2.25. The summed E-state index contributed by atoms with van der Waals surface area (Å²) in [6, 6.07) is 13.8. The van der Waals surface area contributed by atoms with Gasteiger partial charge in [0, 0.05) is 23.0 Å². The van der Waals surface area contributed by atoms with E-state index in [1.54, 1.807) is 24.3 Å². The van der Waals surface area contributed by atoms with E-state index in [9.17, 15) is 13.5 Å². The van der Waals surface area contributed by atoms with Crippen LogP contribution in [0.15, 0.2) is 89.0 Å². The number of anilines is 1. The number of aliphatic hydroxyl groups excluding tert-OH is 1. The quantitative estimate of drug-likeness (QED) is 0.559. The highest BCUT2D eigenvalue weighted by molar-refractivity contribution is 7.89. The summed E-state index contributed by atoms with van der Waals surface area (Å²) in [4.78, 5) is -0.0413. The number of benzene rings is 2. The van der Waals surface area contributed by atoms with Gasteiger partial charge in [0.1, 0.15) is 16.4 Å². The molecule has 0 aliphatic heterocycles. The van der Waals surface area contributed by atoms with E-state index in [0.717, 1.165) is 5.69 Å². The highest BCUT2D eigenvalue weighted by atomic mass is 32.2. The van der Waals surface area contributed by atoms with E-state index in [2.05, 4.69) is 10.0 Å². The molecule has 7 nitrogen and oxygen atoms in total. The molecule has 0 spiro atoms. The van der Waals surface area contributed by atoms with Crippen LogP contribution < -0.4 is 19.5 Å². The SMILES string of the molecule is COc1ccc(OC)c(S(=O)(=O)NC2=CCC=CC(C(O)Nc3ccccc3)=C2)c1. The predicted octanol–water partition coefficient (Wildman–Crippen LogP) is 3.18. The standard InChI is InChI=1S/C22H24N2O5S/c1-28-19-12-13-20(29-2)21(15-19)30(26,27)24-18-11-7-6-8-16(14-18)22(25)23-17-9-4-3-5-10-17/h3-6,8-15,22-25H,7H2,1-2H3. The summed E-state index contributed by atoms with van der Waals surface area (Å²) in [6.45, 7) is 0. The van der Waals surface area contributed by atoms with Crippen LogP contribution in [0.1, 0.15) is 6.42 Å². The van der Waals surface area contributed by atoms with E-state index in [4.69, 9.17) is 9.47 Å². The molecule has 158 valence electrons. The molecule has 0 saturated heterocycles. The van der Waals surface area contributed by atoms with Crippen molar-refractivity contribution in [1.29, 1.82) is 0 Å². The van der Waals surface area contributed by atoms with Gasteiger partial charge >= 0.3 is 0 Å². The molecule has 3 rings (SSSR count). The van der Waals surface area contributed by atoms with Crippen LogP contribution in [0, 0.1) is 0 Å². The number of hydrogen-bond acceptors (Lipinski definition) is 6. The van der Waals surface area contributed by atoms with Crippen molar-refractivity contribution in [1.82, 2.24) is 4.72 Å². The zero-order valence-electron chi connectivity index (χ0n) is 16.7. The smallest absolute Gasteiger partial charge is 0.265 e. The van der Waals surface area contributed by atoms with Crippen molar-refractivity contribution in [2.24, 2.45) is 0 Å². The molecule has 0 amide bonds. The van der Waals surface area contributed by atoms with E-state index in [-0.39, 0.29) is 10.6 Å². The molecular weight excluding hydrogens is 404 g/mol. The van der Waals surface area contributed by atoms with E-state index >= 15 is 0 Å². The molecule has 8 heteroatoms. The Morgan fingerprint density at radius 1 is 1.07 bits per heavy atom. The predicted molar refractivity (Wildman–Crippen MR) is 116 cm³/mol. The zero-order valence-corrected chi connectivity index (χ0v) is 17.5. The lowest BCUT2D eigenvalue weighted by molar-refractivity contribution is 0.243. The summed E-state index contributed by atoms with van der Waals surface area (Å²) < 4.78 is 38.9. The first-order valence-corrected chi connectivity index (χ1v) is 10.7.